The van der Waals surface area contributed by atoms with E-state index in [4.69, 9.17) is 15.2 Å². The van der Waals surface area contributed by atoms with E-state index < -0.39 is 15.7 Å². The Hall–Kier alpha value is -3.37. The molecule has 1 aromatic heterocycles. The molecule has 4 rings (SSSR count). The van der Waals surface area contributed by atoms with E-state index in [1.54, 1.807) is 41.8 Å². The fourth-order valence-corrected chi connectivity index (χ4v) is 6.50. The number of carbonyl (C=O) groups is 2. The molecule has 0 saturated heterocycles. The molecule has 166 valence electrons. The van der Waals surface area contributed by atoms with Gasteiger partial charge in [-0.3, -0.25) is 9.59 Å². The van der Waals surface area contributed by atoms with E-state index in [1.807, 2.05) is 0 Å². The van der Waals surface area contributed by atoms with Crippen LogP contribution in [0.1, 0.15) is 22.8 Å². The first-order valence-electron chi connectivity index (χ1n) is 9.61. The Labute approximate surface area is 188 Å². The van der Waals surface area contributed by atoms with Gasteiger partial charge in [0.1, 0.15) is 4.90 Å². The maximum Gasteiger partial charge on any atom is 0.255 e. The average Bonchev–Trinajstić information content (AvgIpc) is 3.22. The van der Waals surface area contributed by atoms with Crippen LogP contribution in [0.15, 0.2) is 63.7 Å². The Bertz CT molecular complexity index is 1290. The summed E-state index contributed by atoms with van der Waals surface area (Å²) in [7, 11) is -2.33. The zero-order valence-corrected chi connectivity index (χ0v) is 18.7. The SMILES string of the molecule is COc1ccc(C2CC(=O)Nc3c(S(=O)(=O)c4ccccc4)csc32)cc1OCC(N)=O. The van der Waals surface area contributed by atoms with Crippen LogP contribution >= 0.6 is 11.3 Å². The number of thiophene rings is 1. The lowest BCUT2D eigenvalue weighted by Gasteiger charge is -2.24. The minimum Gasteiger partial charge on any atom is -0.493 e. The van der Waals surface area contributed by atoms with Crippen molar-refractivity contribution in [1.29, 1.82) is 0 Å². The Morgan fingerprint density at radius 1 is 1.19 bits per heavy atom. The molecular formula is C22H20N2O6S2. The predicted octanol–water partition coefficient (Wildman–Crippen LogP) is 2.93. The van der Waals surface area contributed by atoms with Crippen LogP contribution in [0.3, 0.4) is 0 Å². The molecule has 0 spiro atoms. The maximum absolute atomic E-state index is 13.2. The Morgan fingerprint density at radius 3 is 2.62 bits per heavy atom. The van der Waals surface area contributed by atoms with Crippen LogP contribution in [0.4, 0.5) is 5.69 Å². The van der Waals surface area contributed by atoms with Gasteiger partial charge in [0, 0.05) is 22.6 Å². The van der Waals surface area contributed by atoms with Crippen LogP contribution < -0.4 is 20.5 Å². The average molecular weight is 473 g/mol. The van der Waals surface area contributed by atoms with Crippen LogP contribution in [0, 0.1) is 0 Å². The third kappa shape index (κ3) is 4.06. The number of nitrogens with one attached hydrogen (secondary N) is 1. The Morgan fingerprint density at radius 2 is 1.94 bits per heavy atom. The van der Waals surface area contributed by atoms with Crippen molar-refractivity contribution in [2.45, 2.75) is 22.1 Å². The number of sulfone groups is 1. The quantitative estimate of drug-likeness (QED) is 0.545. The van der Waals surface area contributed by atoms with Gasteiger partial charge < -0.3 is 20.5 Å². The highest BCUT2D eigenvalue weighted by molar-refractivity contribution is 7.91. The molecule has 8 nitrogen and oxygen atoms in total. The van der Waals surface area contributed by atoms with Crippen LogP contribution in [0.2, 0.25) is 0 Å². The third-order valence-electron chi connectivity index (χ3n) is 5.06. The molecular weight excluding hydrogens is 452 g/mol. The number of anilines is 1. The molecule has 0 radical (unpaired) electrons. The highest BCUT2D eigenvalue weighted by Crippen LogP contribution is 2.47. The van der Waals surface area contributed by atoms with Crippen LogP contribution in [0.25, 0.3) is 0 Å². The summed E-state index contributed by atoms with van der Waals surface area (Å²) in [5, 5.41) is 4.29. The van der Waals surface area contributed by atoms with Gasteiger partial charge in [0.2, 0.25) is 15.7 Å². The molecule has 10 heteroatoms. The lowest BCUT2D eigenvalue weighted by molar-refractivity contribution is -0.120. The molecule has 1 aliphatic heterocycles. The second kappa shape index (κ2) is 8.64. The maximum atomic E-state index is 13.2. The van der Waals surface area contributed by atoms with Crippen LogP contribution in [-0.4, -0.2) is 33.9 Å². The Balaban J connectivity index is 1.76. The summed E-state index contributed by atoms with van der Waals surface area (Å²) in [4.78, 5) is 24.6. The summed E-state index contributed by atoms with van der Waals surface area (Å²) in [5.41, 5.74) is 6.20. The van der Waals surface area contributed by atoms with E-state index in [9.17, 15) is 18.0 Å². The van der Waals surface area contributed by atoms with Crippen LogP contribution in [-0.2, 0) is 19.4 Å². The van der Waals surface area contributed by atoms with Crippen molar-refractivity contribution in [3.05, 3.63) is 64.4 Å². The molecule has 1 atom stereocenters. The highest BCUT2D eigenvalue weighted by Gasteiger charge is 2.34. The van der Waals surface area contributed by atoms with Gasteiger partial charge in [-0.1, -0.05) is 24.3 Å². The van der Waals surface area contributed by atoms with Crippen molar-refractivity contribution in [2.75, 3.05) is 19.0 Å². The highest BCUT2D eigenvalue weighted by atomic mass is 32.2. The summed E-state index contributed by atoms with van der Waals surface area (Å²) < 4.78 is 37.1. The first kappa shape index (κ1) is 21.8. The molecule has 0 aliphatic carbocycles. The van der Waals surface area contributed by atoms with E-state index in [2.05, 4.69) is 5.32 Å². The number of hydrogen-bond donors (Lipinski definition) is 2. The molecule has 1 unspecified atom stereocenters. The first-order chi connectivity index (χ1) is 15.3. The number of rotatable bonds is 7. The molecule has 32 heavy (non-hydrogen) atoms. The molecule has 2 heterocycles. The predicted molar refractivity (Wildman–Crippen MR) is 119 cm³/mol. The summed E-state index contributed by atoms with van der Waals surface area (Å²) in [6.07, 6.45) is 0.139. The van der Waals surface area contributed by atoms with Gasteiger partial charge >= 0.3 is 0 Å². The fraction of sp³-hybridized carbons (Fsp3) is 0.182. The zero-order chi connectivity index (χ0) is 22.9. The molecule has 1 aliphatic rings. The number of amides is 2. The van der Waals surface area contributed by atoms with Gasteiger partial charge in [-0.05, 0) is 29.8 Å². The van der Waals surface area contributed by atoms with Gasteiger partial charge in [0.15, 0.2) is 18.1 Å². The summed E-state index contributed by atoms with van der Waals surface area (Å²) in [6.45, 7) is -0.325. The number of hydrogen-bond acceptors (Lipinski definition) is 7. The summed E-state index contributed by atoms with van der Waals surface area (Å²) in [5.74, 6) is -0.587. The second-order valence-corrected chi connectivity index (χ2v) is 9.96. The number of benzene rings is 2. The summed E-state index contributed by atoms with van der Waals surface area (Å²) >= 11 is 1.27. The Kier molecular flexibility index (Phi) is 5.90. The lowest BCUT2D eigenvalue weighted by atomic mass is 9.90. The smallest absolute Gasteiger partial charge is 0.255 e. The summed E-state index contributed by atoms with van der Waals surface area (Å²) in [6, 6.07) is 13.2. The number of nitrogens with two attached hydrogens (primary N) is 1. The number of fused-ring (bicyclic) bond motifs is 1. The van der Waals surface area contributed by atoms with E-state index in [0.717, 1.165) is 10.4 Å². The molecule has 2 amide bonds. The number of primary amides is 1. The molecule has 3 N–H and O–H groups in total. The van der Waals surface area contributed by atoms with Crippen molar-refractivity contribution >= 4 is 38.7 Å². The van der Waals surface area contributed by atoms with E-state index in [-0.39, 0.29) is 34.6 Å². The molecule has 2 aromatic carbocycles. The third-order valence-corrected chi connectivity index (χ3v) is 8.10. The fourth-order valence-electron chi connectivity index (χ4n) is 3.57. The topological polar surface area (TPSA) is 125 Å². The number of methoxy groups -OCH3 is 1. The molecule has 0 fully saturated rings. The minimum absolute atomic E-state index is 0.0699. The van der Waals surface area contributed by atoms with Gasteiger partial charge in [0.25, 0.3) is 5.91 Å². The van der Waals surface area contributed by atoms with Crippen molar-refractivity contribution in [3.63, 3.8) is 0 Å². The van der Waals surface area contributed by atoms with E-state index in [0.29, 0.717) is 17.2 Å². The van der Waals surface area contributed by atoms with E-state index >= 15 is 0 Å². The minimum atomic E-state index is -3.80. The first-order valence-corrected chi connectivity index (χ1v) is 12.0. The van der Waals surface area contributed by atoms with Crippen molar-refractivity contribution < 1.29 is 27.5 Å². The van der Waals surface area contributed by atoms with Crippen molar-refractivity contribution in [2.24, 2.45) is 5.73 Å². The zero-order valence-electron chi connectivity index (χ0n) is 17.0. The monoisotopic (exact) mass is 472 g/mol. The molecule has 3 aromatic rings. The van der Waals surface area contributed by atoms with Gasteiger partial charge in [-0.25, -0.2) is 8.42 Å². The van der Waals surface area contributed by atoms with Gasteiger partial charge in [0.05, 0.1) is 17.7 Å². The lowest BCUT2D eigenvalue weighted by Crippen LogP contribution is -2.23. The normalized spacial score (nSPS) is 15.5. The standard InChI is InChI=1S/C22H20N2O6S2/c1-29-16-8-7-13(9-17(16)30-11-19(23)25)15-10-20(26)24-21-18(12-31-22(15)21)32(27,28)14-5-3-2-4-6-14/h2-9,12,15H,10-11H2,1H3,(H2,23,25)(H,24,26). The van der Waals surface area contributed by atoms with Gasteiger partial charge in [-0.2, -0.15) is 0 Å². The number of ether oxygens (including phenoxy) is 2. The number of carbonyl (C=O) groups excluding carboxylic acids is 2. The van der Waals surface area contributed by atoms with Gasteiger partial charge in [-0.15, -0.1) is 11.3 Å². The van der Waals surface area contributed by atoms with E-state index in [1.165, 1.54) is 30.6 Å². The van der Waals surface area contributed by atoms with Crippen LogP contribution in [0.5, 0.6) is 11.5 Å². The van der Waals surface area contributed by atoms with Crippen molar-refractivity contribution in [3.8, 4) is 11.5 Å². The molecule has 0 saturated carbocycles. The molecule has 0 bridgehead atoms. The second-order valence-electron chi connectivity index (χ2n) is 7.13. The van der Waals surface area contributed by atoms with Crippen molar-refractivity contribution in [1.82, 2.24) is 0 Å². The largest absolute Gasteiger partial charge is 0.493 e.